The van der Waals surface area contributed by atoms with Crippen molar-refractivity contribution in [2.45, 2.75) is 25.7 Å². The van der Waals surface area contributed by atoms with E-state index in [9.17, 15) is 14.4 Å². The standard InChI is InChI=1S/C27H27NO8S/c1-16-25(33-3)26(30)28(16)24(27(31)35-13-17-4-8-20(32-2)9-5-17)19(15-37)14-34-21-10-6-18-7-11-23(29)36-22(18)12-21/h4-12,16,25,37H,13-15H2,1-3H3/b24-19-/t16-,25-/m1/s1. The van der Waals surface area contributed by atoms with Gasteiger partial charge in [-0.2, -0.15) is 12.6 Å². The molecule has 194 valence electrons. The number of carbonyl (C=O) groups excluding carboxylic acids is 2. The molecule has 37 heavy (non-hydrogen) atoms. The number of carbonyl (C=O) groups is 2. The van der Waals surface area contributed by atoms with E-state index >= 15 is 0 Å². The van der Waals surface area contributed by atoms with Gasteiger partial charge in [-0.15, -0.1) is 0 Å². The van der Waals surface area contributed by atoms with Crippen molar-refractivity contribution in [1.29, 1.82) is 0 Å². The summed E-state index contributed by atoms with van der Waals surface area (Å²) < 4.78 is 27.1. The maximum Gasteiger partial charge on any atom is 0.355 e. The van der Waals surface area contributed by atoms with Crippen LogP contribution in [0.3, 0.4) is 0 Å². The molecule has 3 aromatic rings. The van der Waals surface area contributed by atoms with Crippen LogP contribution in [0.25, 0.3) is 11.0 Å². The Bertz CT molecular complexity index is 1380. The van der Waals surface area contributed by atoms with E-state index in [2.05, 4.69) is 12.6 Å². The van der Waals surface area contributed by atoms with Crippen molar-refractivity contribution in [3.8, 4) is 11.5 Å². The van der Waals surface area contributed by atoms with Gasteiger partial charge in [0.2, 0.25) is 0 Å². The number of fused-ring (bicyclic) bond motifs is 1. The van der Waals surface area contributed by atoms with Crippen LogP contribution in [0.4, 0.5) is 0 Å². The van der Waals surface area contributed by atoms with E-state index in [0.717, 1.165) is 10.9 Å². The van der Waals surface area contributed by atoms with Crippen molar-refractivity contribution in [2.75, 3.05) is 26.6 Å². The second kappa shape index (κ2) is 11.5. The van der Waals surface area contributed by atoms with Crippen molar-refractivity contribution >= 4 is 35.5 Å². The molecule has 10 heteroatoms. The molecular formula is C27H27NO8S. The van der Waals surface area contributed by atoms with Crippen LogP contribution < -0.4 is 15.1 Å². The molecule has 0 N–H and O–H groups in total. The van der Waals surface area contributed by atoms with E-state index in [1.165, 1.54) is 18.1 Å². The molecule has 0 saturated carbocycles. The minimum absolute atomic E-state index is 0.000854. The summed E-state index contributed by atoms with van der Waals surface area (Å²) in [6, 6.07) is 14.8. The van der Waals surface area contributed by atoms with Crippen LogP contribution in [0.2, 0.25) is 0 Å². The van der Waals surface area contributed by atoms with Gasteiger partial charge in [0.15, 0.2) is 6.10 Å². The summed E-state index contributed by atoms with van der Waals surface area (Å²) in [6.07, 6.45) is -0.658. The van der Waals surface area contributed by atoms with E-state index in [0.29, 0.717) is 22.7 Å². The molecule has 1 aromatic heterocycles. The van der Waals surface area contributed by atoms with E-state index in [4.69, 9.17) is 23.4 Å². The van der Waals surface area contributed by atoms with Crippen molar-refractivity contribution in [1.82, 2.24) is 4.90 Å². The number of likely N-dealkylation sites (tertiary alicyclic amines) is 1. The smallest absolute Gasteiger partial charge is 0.355 e. The monoisotopic (exact) mass is 525 g/mol. The Morgan fingerprint density at radius 2 is 1.73 bits per heavy atom. The van der Waals surface area contributed by atoms with Gasteiger partial charge in [0.25, 0.3) is 5.91 Å². The Kier molecular flexibility index (Phi) is 8.20. The van der Waals surface area contributed by atoms with Crippen LogP contribution in [0.1, 0.15) is 12.5 Å². The van der Waals surface area contributed by atoms with Gasteiger partial charge in [-0.1, -0.05) is 12.1 Å². The fraction of sp³-hybridized carbons (Fsp3) is 0.296. The normalized spacial score (nSPS) is 17.7. The van der Waals surface area contributed by atoms with Crippen LogP contribution in [-0.4, -0.2) is 55.5 Å². The molecule has 1 saturated heterocycles. The molecular weight excluding hydrogens is 498 g/mol. The number of rotatable bonds is 10. The minimum atomic E-state index is -0.678. The zero-order valence-electron chi connectivity index (χ0n) is 20.6. The Labute approximate surface area is 219 Å². The third-order valence-electron chi connectivity index (χ3n) is 6.08. The summed E-state index contributed by atoms with van der Waals surface area (Å²) in [7, 11) is 3.02. The number of esters is 1. The maximum absolute atomic E-state index is 13.3. The third kappa shape index (κ3) is 5.65. The molecule has 1 aliphatic heterocycles. The SMILES string of the molecule is COc1ccc(COC(=O)/C(=C(/CS)COc2ccc3ccc(=O)oc3c2)N2C(=O)[C@H](OC)[C@H]2C)cc1. The molecule has 2 atom stereocenters. The van der Waals surface area contributed by atoms with Crippen molar-refractivity contribution in [2.24, 2.45) is 0 Å². The summed E-state index contributed by atoms with van der Waals surface area (Å²) in [4.78, 5) is 39.0. The molecule has 2 aromatic carbocycles. The lowest BCUT2D eigenvalue weighted by atomic mass is 9.97. The van der Waals surface area contributed by atoms with Gasteiger partial charge in [-0.05, 0) is 42.8 Å². The molecule has 2 heterocycles. The summed E-state index contributed by atoms with van der Waals surface area (Å²) in [5, 5.41) is 0.741. The van der Waals surface area contributed by atoms with E-state index in [-0.39, 0.29) is 36.6 Å². The number of amides is 1. The lowest BCUT2D eigenvalue weighted by Crippen LogP contribution is -2.64. The number of benzene rings is 2. The van der Waals surface area contributed by atoms with Gasteiger partial charge in [0, 0.05) is 36.0 Å². The maximum atomic E-state index is 13.3. The van der Waals surface area contributed by atoms with E-state index in [1.54, 1.807) is 62.6 Å². The number of methoxy groups -OCH3 is 2. The highest BCUT2D eigenvalue weighted by molar-refractivity contribution is 7.80. The Morgan fingerprint density at radius 3 is 2.38 bits per heavy atom. The van der Waals surface area contributed by atoms with Crippen LogP contribution in [0, 0.1) is 0 Å². The van der Waals surface area contributed by atoms with Crippen LogP contribution >= 0.6 is 12.6 Å². The zero-order chi connectivity index (χ0) is 26.5. The first-order chi connectivity index (χ1) is 17.9. The average Bonchev–Trinajstić information content (AvgIpc) is 2.91. The van der Waals surface area contributed by atoms with E-state index < -0.39 is 17.7 Å². The van der Waals surface area contributed by atoms with Gasteiger partial charge in [0.1, 0.15) is 36.0 Å². The Balaban J connectivity index is 1.58. The topological polar surface area (TPSA) is 105 Å². The lowest BCUT2D eigenvalue weighted by Gasteiger charge is -2.45. The quantitative estimate of drug-likeness (QED) is 0.141. The summed E-state index contributed by atoms with van der Waals surface area (Å²) in [6.45, 7) is 1.74. The largest absolute Gasteiger partial charge is 0.497 e. The van der Waals surface area contributed by atoms with Crippen LogP contribution in [0.15, 0.2) is 75.1 Å². The fourth-order valence-electron chi connectivity index (χ4n) is 4.05. The first kappa shape index (κ1) is 26.3. The highest BCUT2D eigenvalue weighted by Gasteiger charge is 2.49. The highest BCUT2D eigenvalue weighted by atomic mass is 32.1. The lowest BCUT2D eigenvalue weighted by molar-refractivity contribution is -0.168. The summed E-state index contributed by atoms with van der Waals surface area (Å²) in [5.74, 6) is 0.207. The fourth-order valence-corrected chi connectivity index (χ4v) is 4.29. The number of hydrogen-bond donors (Lipinski definition) is 1. The number of nitrogens with zero attached hydrogens (tertiary/aromatic N) is 1. The Hall–Kier alpha value is -3.76. The van der Waals surface area contributed by atoms with Gasteiger partial charge >= 0.3 is 11.6 Å². The van der Waals surface area contributed by atoms with Crippen molar-refractivity contribution < 1.29 is 33.0 Å². The number of thiol groups is 1. The third-order valence-corrected chi connectivity index (χ3v) is 6.46. The Morgan fingerprint density at radius 1 is 1.03 bits per heavy atom. The predicted molar refractivity (Wildman–Crippen MR) is 139 cm³/mol. The molecule has 0 spiro atoms. The van der Waals surface area contributed by atoms with Gasteiger partial charge < -0.3 is 23.4 Å². The van der Waals surface area contributed by atoms with Crippen molar-refractivity contribution in [3.05, 3.63) is 81.9 Å². The molecule has 0 bridgehead atoms. The first-order valence-electron chi connectivity index (χ1n) is 11.5. The highest BCUT2D eigenvalue weighted by Crippen LogP contribution is 2.31. The average molecular weight is 526 g/mol. The van der Waals surface area contributed by atoms with Crippen molar-refractivity contribution in [3.63, 3.8) is 0 Å². The van der Waals surface area contributed by atoms with Gasteiger partial charge in [0.05, 0.1) is 13.2 Å². The summed E-state index contributed by atoms with van der Waals surface area (Å²) >= 11 is 4.40. The molecule has 9 nitrogen and oxygen atoms in total. The summed E-state index contributed by atoms with van der Waals surface area (Å²) in [5.41, 5.74) is 1.18. The number of β-lactam (4-membered cyclic amide) rings is 1. The molecule has 1 fully saturated rings. The molecule has 0 unspecified atom stereocenters. The van der Waals surface area contributed by atoms with Gasteiger partial charge in [-0.3, -0.25) is 9.69 Å². The molecule has 4 rings (SSSR count). The second-order valence-corrected chi connectivity index (χ2v) is 8.70. The zero-order valence-corrected chi connectivity index (χ0v) is 21.5. The molecule has 1 aliphatic rings. The number of ether oxygens (including phenoxy) is 4. The van der Waals surface area contributed by atoms with Crippen LogP contribution in [0.5, 0.6) is 11.5 Å². The predicted octanol–water partition coefficient (Wildman–Crippen LogP) is 3.35. The first-order valence-corrected chi connectivity index (χ1v) is 12.1. The second-order valence-electron chi connectivity index (χ2n) is 8.38. The van der Waals surface area contributed by atoms with E-state index in [1.807, 2.05) is 0 Å². The van der Waals surface area contributed by atoms with Gasteiger partial charge in [-0.25, -0.2) is 9.59 Å². The molecule has 0 radical (unpaired) electrons. The number of hydrogen-bond acceptors (Lipinski definition) is 9. The minimum Gasteiger partial charge on any atom is -0.497 e. The molecule has 1 amide bonds. The molecule has 0 aliphatic carbocycles. The van der Waals surface area contributed by atoms with Crippen LogP contribution in [-0.2, 0) is 25.7 Å².